The van der Waals surface area contributed by atoms with Gasteiger partial charge in [-0.1, -0.05) is 123 Å². The third kappa shape index (κ3) is 25.1. The maximum Gasteiger partial charge on any atom is 0.220 e. The second-order valence-corrected chi connectivity index (χ2v) is 9.21. The van der Waals surface area contributed by atoms with Gasteiger partial charge in [-0.3, -0.25) is 9.59 Å². The Morgan fingerprint density at radius 3 is 0.968 bits per heavy atom. The quantitative estimate of drug-likeness (QED) is 0.154. The molecule has 0 saturated heterocycles. The van der Waals surface area contributed by atoms with Crippen LogP contribution in [0.15, 0.2) is 0 Å². The average molecular weight is 439 g/mol. The van der Waals surface area contributed by atoms with Crippen LogP contribution in [0.3, 0.4) is 0 Å². The lowest BCUT2D eigenvalue weighted by Crippen LogP contribution is -2.28. The van der Waals surface area contributed by atoms with Crippen LogP contribution < -0.4 is 10.6 Å². The van der Waals surface area contributed by atoms with E-state index in [9.17, 15) is 9.59 Å². The summed E-state index contributed by atoms with van der Waals surface area (Å²) in [6.45, 7) is 6.00. The van der Waals surface area contributed by atoms with Crippen LogP contribution in [0, 0.1) is 0 Å². The van der Waals surface area contributed by atoms with Gasteiger partial charge in [-0.05, 0) is 12.8 Å². The Morgan fingerprint density at radius 2 is 0.677 bits per heavy atom. The van der Waals surface area contributed by atoms with Crippen LogP contribution in [0.4, 0.5) is 0 Å². The first-order valence-electron chi connectivity index (χ1n) is 13.7. The molecular formula is C27H54N2O2. The highest BCUT2D eigenvalue weighted by molar-refractivity contribution is 5.83. The molecule has 2 N–H and O–H groups in total. The summed E-state index contributed by atoms with van der Waals surface area (Å²) < 4.78 is 0. The number of unbranched alkanes of at least 4 members (excludes halogenated alkanes) is 17. The van der Waals surface area contributed by atoms with E-state index in [4.69, 9.17) is 0 Å². The maximum atomic E-state index is 11.9. The van der Waals surface area contributed by atoms with Gasteiger partial charge in [0.2, 0.25) is 11.8 Å². The molecular weight excluding hydrogens is 384 g/mol. The zero-order valence-corrected chi connectivity index (χ0v) is 21.1. The third-order valence-electron chi connectivity index (χ3n) is 6.03. The van der Waals surface area contributed by atoms with Crippen molar-refractivity contribution in [3.8, 4) is 0 Å². The van der Waals surface area contributed by atoms with Crippen molar-refractivity contribution >= 4 is 11.8 Å². The molecule has 0 fully saturated rings. The lowest BCUT2D eigenvalue weighted by molar-refractivity contribution is -0.126. The van der Waals surface area contributed by atoms with Crippen LogP contribution >= 0.6 is 0 Å². The van der Waals surface area contributed by atoms with E-state index in [0.717, 1.165) is 25.9 Å². The molecule has 0 atom stereocenters. The van der Waals surface area contributed by atoms with Gasteiger partial charge in [-0.15, -0.1) is 0 Å². The predicted molar refractivity (Wildman–Crippen MR) is 134 cm³/mol. The van der Waals surface area contributed by atoms with Crippen molar-refractivity contribution in [3.63, 3.8) is 0 Å². The Hall–Kier alpha value is -1.06. The first-order valence-corrected chi connectivity index (χ1v) is 13.7. The van der Waals surface area contributed by atoms with Gasteiger partial charge < -0.3 is 10.6 Å². The number of rotatable bonds is 24. The van der Waals surface area contributed by atoms with E-state index in [2.05, 4.69) is 24.5 Å². The smallest absolute Gasteiger partial charge is 0.220 e. The number of carbonyl (C=O) groups excluding carboxylic acids is 2. The summed E-state index contributed by atoms with van der Waals surface area (Å²) in [5.41, 5.74) is 0. The number of amides is 2. The zero-order chi connectivity index (χ0) is 22.8. The van der Waals surface area contributed by atoms with Crippen molar-refractivity contribution < 1.29 is 9.59 Å². The molecule has 31 heavy (non-hydrogen) atoms. The fourth-order valence-electron chi connectivity index (χ4n) is 3.91. The normalized spacial score (nSPS) is 10.9. The van der Waals surface area contributed by atoms with E-state index < -0.39 is 0 Å². The van der Waals surface area contributed by atoms with Crippen molar-refractivity contribution in [2.24, 2.45) is 0 Å². The molecule has 0 saturated carbocycles. The molecule has 0 rings (SSSR count). The Balaban J connectivity index is 3.30. The van der Waals surface area contributed by atoms with Crippen molar-refractivity contribution in [1.82, 2.24) is 10.6 Å². The summed E-state index contributed by atoms with van der Waals surface area (Å²) in [5.74, 6) is 0.0165. The Morgan fingerprint density at radius 1 is 0.419 bits per heavy atom. The van der Waals surface area contributed by atoms with Crippen LogP contribution in [0.25, 0.3) is 0 Å². The Kier molecular flexibility index (Phi) is 24.3. The largest absolute Gasteiger partial charge is 0.356 e. The molecule has 0 aromatic carbocycles. The molecule has 0 aliphatic carbocycles. The molecule has 0 radical (unpaired) electrons. The van der Waals surface area contributed by atoms with Gasteiger partial charge in [0.25, 0.3) is 0 Å². The summed E-state index contributed by atoms with van der Waals surface area (Å²) in [4.78, 5) is 23.7. The fourth-order valence-corrected chi connectivity index (χ4v) is 3.91. The lowest BCUT2D eigenvalue weighted by atomic mass is 10.1. The SMILES string of the molecule is CCCCCCCCCCCCNC(=O)CCC(=O)NCCCCCCCCCCC. The van der Waals surface area contributed by atoms with E-state index in [1.807, 2.05) is 0 Å². The Bertz CT molecular complexity index is 399. The highest BCUT2D eigenvalue weighted by atomic mass is 16.2. The lowest BCUT2D eigenvalue weighted by Gasteiger charge is -2.07. The van der Waals surface area contributed by atoms with Crippen LogP contribution in [0.2, 0.25) is 0 Å². The minimum Gasteiger partial charge on any atom is -0.356 e. The average Bonchev–Trinajstić information content (AvgIpc) is 2.77. The van der Waals surface area contributed by atoms with Gasteiger partial charge in [-0.25, -0.2) is 0 Å². The van der Waals surface area contributed by atoms with E-state index in [1.165, 1.54) is 109 Å². The van der Waals surface area contributed by atoms with E-state index >= 15 is 0 Å². The highest BCUT2D eigenvalue weighted by Gasteiger charge is 2.06. The summed E-state index contributed by atoms with van der Waals surface area (Å²) >= 11 is 0. The van der Waals surface area contributed by atoms with Crippen LogP contribution in [0.5, 0.6) is 0 Å². The standard InChI is InChI=1S/C27H54N2O2/c1-3-5-7-9-11-13-15-17-19-21-25-29-27(31)23-22-26(30)28-24-20-18-16-14-12-10-8-6-4-2/h3-25H2,1-2H3,(H,28,30)(H,29,31). The van der Waals surface area contributed by atoms with Gasteiger partial charge in [0.15, 0.2) is 0 Å². The minimum atomic E-state index is 0.00801. The van der Waals surface area contributed by atoms with Gasteiger partial charge in [0.05, 0.1) is 0 Å². The molecule has 0 bridgehead atoms. The molecule has 4 nitrogen and oxygen atoms in total. The van der Waals surface area contributed by atoms with E-state index in [-0.39, 0.29) is 11.8 Å². The summed E-state index contributed by atoms with van der Waals surface area (Å²) in [6.07, 6.45) is 25.2. The van der Waals surface area contributed by atoms with Gasteiger partial charge in [0, 0.05) is 25.9 Å². The maximum absolute atomic E-state index is 11.9. The van der Waals surface area contributed by atoms with E-state index in [1.54, 1.807) is 0 Å². The highest BCUT2D eigenvalue weighted by Crippen LogP contribution is 2.10. The monoisotopic (exact) mass is 438 g/mol. The zero-order valence-electron chi connectivity index (χ0n) is 21.1. The van der Waals surface area contributed by atoms with Gasteiger partial charge in [0.1, 0.15) is 0 Å². The summed E-state index contributed by atoms with van der Waals surface area (Å²) in [6, 6.07) is 0. The molecule has 184 valence electrons. The molecule has 0 aliphatic heterocycles. The van der Waals surface area contributed by atoms with Crippen molar-refractivity contribution in [2.75, 3.05) is 13.1 Å². The number of hydrogen-bond acceptors (Lipinski definition) is 2. The first kappa shape index (κ1) is 29.9. The van der Waals surface area contributed by atoms with Crippen LogP contribution in [-0.4, -0.2) is 24.9 Å². The minimum absolute atomic E-state index is 0.00801. The fraction of sp³-hybridized carbons (Fsp3) is 0.926. The molecule has 0 unspecified atom stereocenters. The first-order chi connectivity index (χ1) is 15.2. The number of nitrogens with one attached hydrogen (secondary N) is 2. The third-order valence-corrected chi connectivity index (χ3v) is 6.03. The van der Waals surface area contributed by atoms with Crippen LogP contribution in [-0.2, 0) is 9.59 Å². The molecule has 0 aliphatic rings. The number of hydrogen-bond donors (Lipinski definition) is 2. The summed E-state index contributed by atoms with van der Waals surface area (Å²) in [7, 11) is 0. The molecule has 4 heteroatoms. The number of carbonyl (C=O) groups is 2. The molecule has 0 heterocycles. The topological polar surface area (TPSA) is 58.2 Å². The van der Waals surface area contributed by atoms with Gasteiger partial charge >= 0.3 is 0 Å². The molecule has 0 aromatic rings. The van der Waals surface area contributed by atoms with E-state index in [0.29, 0.717) is 12.8 Å². The second kappa shape index (κ2) is 25.2. The second-order valence-electron chi connectivity index (χ2n) is 9.21. The van der Waals surface area contributed by atoms with Crippen molar-refractivity contribution in [1.29, 1.82) is 0 Å². The molecule has 0 spiro atoms. The predicted octanol–water partition coefficient (Wildman–Crippen LogP) is 7.45. The molecule has 0 aromatic heterocycles. The Labute approximate surface area is 194 Å². The van der Waals surface area contributed by atoms with Crippen molar-refractivity contribution in [2.45, 2.75) is 149 Å². The summed E-state index contributed by atoms with van der Waals surface area (Å²) in [5, 5.41) is 5.90. The van der Waals surface area contributed by atoms with Crippen LogP contribution in [0.1, 0.15) is 149 Å². The molecule has 2 amide bonds. The van der Waals surface area contributed by atoms with Crippen molar-refractivity contribution in [3.05, 3.63) is 0 Å². The van der Waals surface area contributed by atoms with Gasteiger partial charge in [-0.2, -0.15) is 0 Å².